The Morgan fingerprint density at radius 2 is 1.83 bits per heavy atom. The lowest BCUT2D eigenvalue weighted by Gasteiger charge is -2.06. The molecule has 0 spiro atoms. The predicted molar refractivity (Wildman–Crippen MR) is 93.1 cm³/mol. The second-order valence-electron chi connectivity index (χ2n) is 5.16. The van der Waals surface area contributed by atoms with Gasteiger partial charge in [0.2, 0.25) is 5.91 Å². The van der Waals surface area contributed by atoms with Gasteiger partial charge >= 0.3 is 0 Å². The highest BCUT2D eigenvalue weighted by atomic mass is 32.1. The van der Waals surface area contributed by atoms with E-state index in [1.807, 2.05) is 37.3 Å². The molecule has 0 aliphatic rings. The Morgan fingerprint density at radius 1 is 1.09 bits per heavy atom. The maximum atomic E-state index is 12.2. The number of rotatable bonds is 3. The third-order valence-electron chi connectivity index (χ3n) is 3.26. The molecule has 0 fully saturated rings. The third-order valence-corrected chi connectivity index (χ3v) is 4.18. The molecule has 116 valence electrons. The standard InChI is InChI=1S/C17H15N3O2S/c1-10-8-13(19-16(22)12-6-4-3-5-7-12)9-14-15(10)20-17(23-14)18-11(2)21/h3-9H,1-2H3,(H,19,22)(H,18,20,21). The zero-order valence-electron chi connectivity index (χ0n) is 12.7. The minimum Gasteiger partial charge on any atom is -0.322 e. The Kier molecular flexibility index (Phi) is 4.08. The molecule has 0 saturated carbocycles. The molecule has 2 amide bonds. The van der Waals surface area contributed by atoms with E-state index in [1.54, 1.807) is 12.1 Å². The molecule has 0 unspecified atom stereocenters. The fourth-order valence-corrected chi connectivity index (χ4v) is 3.30. The van der Waals surface area contributed by atoms with E-state index in [2.05, 4.69) is 15.6 Å². The van der Waals surface area contributed by atoms with E-state index in [1.165, 1.54) is 18.3 Å². The lowest BCUT2D eigenvalue weighted by atomic mass is 10.1. The van der Waals surface area contributed by atoms with Crippen molar-refractivity contribution in [3.63, 3.8) is 0 Å². The number of amides is 2. The van der Waals surface area contributed by atoms with E-state index in [4.69, 9.17) is 0 Å². The minimum absolute atomic E-state index is 0.153. The average molecular weight is 325 g/mol. The predicted octanol–water partition coefficient (Wildman–Crippen LogP) is 3.82. The van der Waals surface area contributed by atoms with E-state index < -0.39 is 0 Å². The number of carbonyl (C=O) groups is 2. The molecule has 0 atom stereocenters. The minimum atomic E-state index is -0.157. The first-order valence-corrected chi connectivity index (χ1v) is 7.90. The summed E-state index contributed by atoms with van der Waals surface area (Å²) in [6, 6.07) is 12.8. The molecule has 3 rings (SSSR count). The number of aromatic nitrogens is 1. The Bertz CT molecular complexity index is 887. The molecule has 23 heavy (non-hydrogen) atoms. The van der Waals surface area contributed by atoms with Gasteiger partial charge in [0.05, 0.1) is 10.2 Å². The van der Waals surface area contributed by atoms with E-state index in [0.717, 1.165) is 15.8 Å². The van der Waals surface area contributed by atoms with Gasteiger partial charge < -0.3 is 10.6 Å². The van der Waals surface area contributed by atoms with Gasteiger partial charge in [0, 0.05) is 18.2 Å². The van der Waals surface area contributed by atoms with Crippen LogP contribution in [0.25, 0.3) is 10.2 Å². The van der Waals surface area contributed by atoms with Gasteiger partial charge in [-0.05, 0) is 36.8 Å². The molecule has 2 N–H and O–H groups in total. The van der Waals surface area contributed by atoms with Crippen molar-refractivity contribution in [3.05, 3.63) is 53.6 Å². The van der Waals surface area contributed by atoms with Crippen LogP contribution in [0.4, 0.5) is 10.8 Å². The first kappa shape index (κ1) is 15.2. The van der Waals surface area contributed by atoms with Gasteiger partial charge in [-0.2, -0.15) is 0 Å². The topological polar surface area (TPSA) is 71.1 Å². The summed E-state index contributed by atoms with van der Waals surface area (Å²) < 4.78 is 0.914. The van der Waals surface area contributed by atoms with Crippen LogP contribution in [0, 0.1) is 6.92 Å². The molecule has 2 aromatic carbocycles. The number of carbonyl (C=O) groups excluding carboxylic acids is 2. The largest absolute Gasteiger partial charge is 0.322 e. The molecule has 1 aromatic heterocycles. The van der Waals surface area contributed by atoms with Crippen molar-refractivity contribution in [1.29, 1.82) is 0 Å². The molecule has 3 aromatic rings. The molecule has 0 saturated heterocycles. The smallest absolute Gasteiger partial charge is 0.255 e. The molecule has 0 radical (unpaired) electrons. The zero-order chi connectivity index (χ0) is 16.4. The lowest BCUT2D eigenvalue weighted by molar-refractivity contribution is -0.114. The first-order chi connectivity index (χ1) is 11.0. The number of fused-ring (bicyclic) bond motifs is 1. The number of thiazole rings is 1. The molecular formula is C17H15N3O2S. The number of anilines is 2. The molecular weight excluding hydrogens is 310 g/mol. The third kappa shape index (κ3) is 3.37. The summed E-state index contributed by atoms with van der Waals surface area (Å²) in [6.07, 6.45) is 0. The van der Waals surface area contributed by atoms with Crippen LogP contribution in [0.2, 0.25) is 0 Å². The number of nitrogens with one attached hydrogen (secondary N) is 2. The Labute approximate surface area is 137 Å². The van der Waals surface area contributed by atoms with Crippen LogP contribution < -0.4 is 10.6 Å². The maximum absolute atomic E-state index is 12.2. The quantitative estimate of drug-likeness (QED) is 0.769. The van der Waals surface area contributed by atoms with Crippen LogP contribution >= 0.6 is 11.3 Å². The van der Waals surface area contributed by atoms with Crippen molar-refractivity contribution in [2.45, 2.75) is 13.8 Å². The van der Waals surface area contributed by atoms with Crippen molar-refractivity contribution < 1.29 is 9.59 Å². The normalized spacial score (nSPS) is 10.5. The highest BCUT2D eigenvalue weighted by molar-refractivity contribution is 7.22. The van der Waals surface area contributed by atoms with E-state index in [0.29, 0.717) is 16.4 Å². The monoisotopic (exact) mass is 325 g/mol. The van der Waals surface area contributed by atoms with Crippen LogP contribution in [-0.2, 0) is 4.79 Å². The van der Waals surface area contributed by atoms with Gasteiger partial charge in [-0.3, -0.25) is 9.59 Å². The van der Waals surface area contributed by atoms with Gasteiger partial charge in [0.25, 0.3) is 5.91 Å². The van der Waals surface area contributed by atoms with E-state index in [-0.39, 0.29) is 11.8 Å². The van der Waals surface area contributed by atoms with Crippen LogP contribution in [0.1, 0.15) is 22.8 Å². The van der Waals surface area contributed by atoms with Gasteiger partial charge in [-0.25, -0.2) is 4.98 Å². The summed E-state index contributed by atoms with van der Waals surface area (Å²) in [5, 5.41) is 6.14. The van der Waals surface area contributed by atoms with Gasteiger partial charge in [-0.1, -0.05) is 29.5 Å². The summed E-state index contributed by atoms with van der Waals surface area (Å²) in [6.45, 7) is 3.38. The first-order valence-electron chi connectivity index (χ1n) is 7.08. The van der Waals surface area contributed by atoms with Crippen LogP contribution in [-0.4, -0.2) is 16.8 Å². The van der Waals surface area contributed by atoms with Gasteiger partial charge in [0.1, 0.15) is 0 Å². The summed E-state index contributed by atoms with van der Waals surface area (Å²) in [5.74, 6) is -0.310. The number of benzene rings is 2. The SMILES string of the molecule is CC(=O)Nc1nc2c(C)cc(NC(=O)c3ccccc3)cc2s1. The fourth-order valence-electron chi connectivity index (χ4n) is 2.27. The molecule has 0 aliphatic carbocycles. The number of hydrogen-bond donors (Lipinski definition) is 2. The Morgan fingerprint density at radius 3 is 2.52 bits per heavy atom. The molecule has 0 aliphatic heterocycles. The maximum Gasteiger partial charge on any atom is 0.255 e. The summed E-state index contributed by atoms with van der Waals surface area (Å²) in [5.41, 5.74) is 3.09. The van der Waals surface area contributed by atoms with Crippen molar-refractivity contribution >= 4 is 44.2 Å². The number of hydrogen-bond acceptors (Lipinski definition) is 4. The second kappa shape index (κ2) is 6.18. The summed E-state index contributed by atoms with van der Waals surface area (Å²) in [7, 11) is 0. The van der Waals surface area contributed by atoms with E-state index >= 15 is 0 Å². The van der Waals surface area contributed by atoms with Gasteiger partial charge in [0.15, 0.2) is 5.13 Å². The number of nitrogens with zero attached hydrogens (tertiary/aromatic N) is 1. The van der Waals surface area contributed by atoms with Crippen molar-refractivity contribution in [2.75, 3.05) is 10.6 Å². The Balaban J connectivity index is 1.90. The highest BCUT2D eigenvalue weighted by Gasteiger charge is 2.11. The summed E-state index contributed by atoms with van der Waals surface area (Å²) >= 11 is 1.38. The highest BCUT2D eigenvalue weighted by Crippen LogP contribution is 2.31. The fraction of sp³-hybridized carbons (Fsp3) is 0.118. The average Bonchev–Trinajstić information content (AvgIpc) is 2.90. The van der Waals surface area contributed by atoms with Crippen molar-refractivity contribution in [2.24, 2.45) is 0 Å². The van der Waals surface area contributed by atoms with E-state index in [9.17, 15) is 9.59 Å². The molecule has 6 heteroatoms. The zero-order valence-corrected chi connectivity index (χ0v) is 13.5. The van der Waals surface area contributed by atoms with Crippen molar-refractivity contribution in [1.82, 2.24) is 4.98 Å². The second-order valence-corrected chi connectivity index (χ2v) is 6.19. The van der Waals surface area contributed by atoms with Gasteiger partial charge in [-0.15, -0.1) is 0 Å². The van der Waals surface area contributed by atoms with Crippen molar-refractivity contribution in [3.8, 4) is 0 Å². The Hall–Kier alpha value is -2.73. The number of aryl methyl sites for hydroxylation is 1. The lowest BCUT2D eigenvalue weighted by Crippen LogP contribution is -2.11. The molecule has 0 bridgehead atoms. The van der Waals surface area contributed by atoms with Crippen LogP contribution in [0.15, 0.2) is 42.5 Å². The van der Waals surface area contributed by atoms with Crippen LogP contribution in [0.3, 0.4) is 0 Å². The summed E-state index contributed by atoms with van der Waals surface area (Å²) in [4.78, 5) is 27.8. The van der Waals surface area contributed by atoms with Crippen LogP contribution in [0.5, 0.6) is 0 Å². The molecule has 5 nitrogen and oxygen atoms in total. The molecule has 1 heterocycles.